The highest BCUT2D eigenvalue weighted by atomic mass is 31.1. The topological polar surface area (TPSA) is 0 Å². The van der Waals surface area contributed by atoms with Crippen molar-refractivity contribution in [3.05, 3.63) is 48.5 Å². The lowest BCUT2D eigenvalue weighted by Crippen LogP contribution is -2.26. The Labute approximate surface area is 213 Å². The van der Waals surface area contributed by atoms with Gasteiger partial charge in [-0.3, -0.25) is 0 Å². The average Bonchev–Trinajstić information content (AvgIpc) is 3.66. The van der Waals surface area contributed by atoms with Crippen LogP contribution < -0.4 is 21.2 Å². The lowest BCUT2D eigenvalue weighted by molar-refractivity contribution is 0.405. The Hall–Kier alpha value is 0.160. The maximum absolute atomic E-state index is 2.56. The summed E-state index contributed by atoms with van der Waals surface area (Å²) in [4.78, 5) is 0. The molecule has 34 heavy (non-hydrogen) atoms. The summed E-state index contributed by atoms with van der Waals surface area (Å²) in [6.45, 7) is 5.09. The smallest absolute Gasteiger partial charge is 0.0159 e. The van der Waals surface area contributed by atoms with E-state index in [4.69, 9.17) is 0 Å². The number of rotatable bonds is 5. The molecule has 0 aliphatic carbocycles. The minimum Gasteiger partial charge on any atom is -0.0746 e. The van der Waals surface area contributed by atoms with E-state index in [-0.39, 0.29) is 31.7 Å². The quantitative estimate of drug-likeness (QED) is 0.361. The summed E-state index contributed by atoms with van der Waals surface area (Å²) < 4.78 is 0. The summed E-state index contributed by atoms with van der Waals surface area (Å²) in [5, 5.41) is 7.32. The van der Waals surface area contributed by atoms with Crippen LogP contribution in [0.1, 0.15) is 52.4 Å². The minimum atomic E-state index is 0.0512. The predicted molar refractivity (Wildman–Crippen MR) is 162 cm³/mol. The Bertz CT molecular complexity index is 973. The van der Waals surface area contributed by atoms with E-state index in [2.05, 4.69) is 62.4 Å². The van der Waals surface area contributed by atoms with E-state index in [1.165, 1.54) is 63.2 Å². The van der Waals surface area contributed by atoms with E-state index in [0.717, 1.165) is 23.2 Å². The second kappa shape index (κ2) is 10.9. The van der Waals surface area contributed by atoms with Crippen LogP contribution in [-0.4, -0.2) is 48.3 Å². The van der Waals surface area contributed by atoms with E-state index in [0.29, 0.717) is 0 Å². The standard InChI is InChI=1S/C30H42P4/c1-23-13-14-24(2)34(23)30-12-6-5-11-29(30)33-20-16-26(22-33)25-15-19-32(21-25)28-10-4-3-9-27(28)31-17-7-8-18-31/h3-6,9-12,23-26H,7-8,13-22H2,1-2H3/t23-,24-,25?,26?,32?,33?/m1/s1. The van der Waals surface area contributed by atoms with Crippen molar-refractivity contribution < 1.29 is 0 Å². The first-order chi connectivity index (χ1) is 16.7. The SMILES string of the molecule is C[C@@H]1CC[C@@H](C)P1c1ccccc1P1CCC(C2CCP(c3ccccc3P3CCCC3)C2)C1. The molecule has 182 valence electrons. The van der Waals surface area contributed by atoms with Crippen molar-refractivity contribution in [1.82, 2.24) is 0 Å². The molecule has 4 aliphatic heterocycles. The van der Waals surface area contributed by atoms with Crippen molar-refractivity contribution in [3.8, 4) is 0 Å². The third-order valence-corrected chi connectivity index (χ3v) is 21.3. The van der Waals surface area contributed by atoms with Gasteiger partial charge in [-0.15, -0.1) is 0 Å². The van der Waals surface area contributed by atoms with Gasteiger partial charge in [0.2, 0.25) is 0 Å². The maximum atomic E-state index is 2.56. The molecule has 0 aromatic heterocycles. The molecule has 0 bridgehead atoms. The first-order valence-electron chi connectivity index (χ1n) is 13.9. The molecule has 4 heterocycles. The van der Waals surface area contributed by atoms with Crippen molar-refractivity contribution in [3.63, 3.8) is 0 Å². The van der Waals surface area contributed by atoms with Crippen LogP contribution in [0.4, 0.5) is 0 Å². The number of benzene rings is 2. The summed E-state index contributed by atoms with van der Waals surface area (Å²) in [7, 11) is 0.391. The van der Waals surface area contributed by atoms with Crippen molar-refractivity contribution in [2.24, 2.45) is 11.8 Å². The van der Waals surface area contributed by atoms with E-state index in [1.807, 2.05) is 21.2 Å². The summed E-state index contributed by atoms with van der Waals surface area (Å²) >= 11 is 0. The molecule has 4 fully saturated rings. The zero-order valence-electron chi connectivity index (χ0n) is 21.2. The van der Waals surface area contributed by atoms with Gasteiger partial charge in [0.1, 0.15) is 0 Å². The van der Waals surface area contributed by atoms with Crippen molar-refractivity contribution in [2.75, 3.05) is 37.0 Å². The average molecular weight is 527 g/mol. The Kier molecular flexibility index (Phi) is 7.83. The van der Waals surface area contributed by atoms with Gasteiger partial charge in [-0.1, -0.05) is 94.1 Å². The van der Waals surface area contributed by atoms with Gasteiger partial charge in [-0.05, 0) is 120 Å². The van der Waals surface area contributed by atoms with Gasteiger partial charge in [-0.2, -0.15) is 0 Å². The van der Waals surface area contributed by atoms with E-state index < -0.39 is 0 Å². The molecule has 2 aromatic rings. The third kappa shape index (κ3) is 4.86. The first kappa shape index (κ1) is 24.5. The zero-order chi connectivity index (χ0) is 23.1. The van der Waals surface area contributed by atoms with E-state index in [9.17, 15) is 0 Å². The lowest BCUT2D eigenvalue weighted by Gasteiger charge is -2.27. The van der Waals surface area contributed by atoms with E-state index in [1.54, 1.807) is 12.3 Å². The molecule has 6 atom stereocenters. The lowest BCUT2D eigenvalue weighted by atomic mass is 9.92. The zero-order valence-corrected chi connectivity index (χ0v) is 24.8. The fraction of sp³-hybridized carbons (Fsp3) is 0.600. The molecule has 4 unspecified atom stereocenters. The minimum absolute atomic E-state index is 0.0512. The fourth-order valence-electron chi connectivity index (χ4n) is 7.36. The van der Waals surface area contributed by atoms with Crippen LogP contribution in [0.3, 0.4) is 0 Å². The molecule has 4 saturated heterocycles. The second-order valence-corrected chi connectivity index (χ2v) is 21.6. The van der Waals surface area contributed by atoms with Gasteiger partial charge < -0.3 is 0 Å². The summed E-state index contributed by atoms with van der Waals surface area (Å²) in [6.07, 6.45) is 18.0. The molecule has 0 saturated carbocycles. The third-order valence-electron chi connectivity index (χ3n) is 9.24. The monoisotopic (exact) mass is 526 g/mol. The van der Waals surface area contributed by atoms with Crippen molar-refractivity contribution in [1.29, 1.82) is 0 Å². The summed E-state index contributed by atoms with van der Waals surface area (Å²) in [5.41, 5.74) is 1.86. The Morgan fingerprint density at radius 3 is 1.50 bits per heavy atom. The van der Waals surface area contributed by atoms with Crippen LogP contribution in [0.2, 0.25) is 0 Å². The predicted octanol–water partition coefficient (Wildman–Crippen LogP) is 7.22. The molecule has 0 radical (unpaired) electrons. The van der Waals surface area contributed by atoms with E-state index >= 15 is 0 Å². The molecule has 6 rings (SSSR count). The normalized spacial score (nSPS) is 34.9. The van der Waals surface area contributed by atoms with Crippen molar-refractivity contribution in [2.45, 2.75) is 63.7 Å². The molecule has 4 aliphatic rings. The maximum Gasteiger partial charge on any atom is -0.0159 e. The number of hydrogen-bond donors (Lipinski definition) is 0. The van der Waals surface area contributed by atoms with Gasteiger partial charge >= 0.3 is 0 Å². The molecule has 0 N–H and O–H groups in total. The Morgan fingerprint density at radius 2 is 0.971 bits per heavy atom. The molecule has 0 spiro atoms. The summed E-state index contributed by atoms with van der Waals surface area (Å²) in [6, 6.07) is 19.6. The van der Waals surface area contributed by atoms with Gasteiger partial charge in [0.15, 0.2) is 0 Å². The highest BCUT2D eigenvalue weighted by Gasteiger charge is 2.39. The molecular weight excluding hydrogens is 484 g/mol. The second-order valence-electron chi connectivity index (χ2n) is 11.3. The number of hydrogen-bond acceptors (Lipinski definition) is 0. The molecule has 0 nitrogen and oxygen atoms in total. The van der Waals surface area contributed by atoms with Crippen LogP contribution in [0.5, 0.6) is 0 Å². The first-order valence-corrected chi connectivity index (χ1v) is 20.5. The molecular formula is C30H42P4. The van der Waals surface area contributed by atoms with Crippen LogP contribution >= 0.6 is 31.7 Å². The Morgan fingerprint density at radius 1 is 0.529 bits per heavy atom. The summed E-state index contributed by atoms with van der Waals surface area (Å²) in [5.74, 6) is 2.03. The van der Waals surface area contributed by atoms with Gasteiger partial charge in [0, 0.05) is 0 Å². The van der Waals surface area contributed by atoms with Crippen LogP contribution in [0.25, 0.3) is 0 Å². The van der Waals surface area contributed by atoms with Gasteiger partial charge in [-0.25, -0.2) is 0 Å². The van der Waals surface area contributed by atoms with Gasteiger partial charge in [0.05, 0.1) is 0 Å². The fourth-order valence-corrected chi connectivity index (χ4v) is 20.9. The highest BCUT2D eigenvalue weighted by molar-refractivity contribution is 7.73. The van der Waals surface area contributed by atoms with Crippen LogP contribution in [0.15, 0.2) is 48.5 Å². The molecule has 0 amide bonds. The molecule has 2 aromatic carbocycles. The highest BCUT2D eigenvalue weighted by Crippen LogP contribution is 2.58. The van der Waals surface area contributed by atoms with Gasteiger partial charge in [0.25, 0.3) is 0 Å². The molecule has 4 heteroatoms. The Balaban J connectivity index is 1.15. The van der Waals surface area contributed by atoms with Crippen molar-refractivity contribution >= 4 is 52.9 Å². The van der Waals surface area contributed by atoms with Crippen LogP contribution in [-0.2, 0) is 0 Å². The largest absolute Gasteiger partial charge is 0.0746 e. The van der Waals surface area contributed by atoms with Crippen LogP contribution in [0, 0.1) is 11.8 Å².